The van der Waals surface area contributed by atoms with Crippen LogP contribution in [0.25, 0.3) is 0 Å². The van der Waals surface area contributed by atoms with E-state index in [2.05, 4.69) is 0 Å². The zero-order chi connectivity index (χ0) is 11.2. The number of carboxylic acids is 1. The third-order valence-electron chi connectivity index (χ3n) is 0.792. The van der Waals surface area contributed by atoms with E-state index in [1.807, 2.05) is 0 Å². The molecule has 0 saturated heterocycles. The van der Waals surface area contributed by atoms with Crippen molar-refractivity contribution in [2.45, 2.75) is 19.1 Å². The molecule has 0 aliphatic rings. The van der Waals surface area contributed by atoms with Crippen molar-refractivity contribution in [3.63, 3.8) is 0 Å². The van der Waals surface area contributed by atoms with Crippen LogP contribution in [0.5, 0.6) is 0 Å². The molecule has 8 nitrogen and oxygen atoms in total. The van der Waals surface area contributed by atoms with Gasteiger partial charge < -0.3 is 35.4 Å². The van der Waals surface area contributed by atoms with E-state index in [4.69, 9.17) is 30.1 Å². The van der Waals surface area contributed by atoms with Gasteiger partial charge >= 0.3 is 59.1 Å². The molecule has 0 radical (unpaired) electrons. The Morgan fingerprint density at radius 2 is 1.60 bits per heavy atom. The molecule has 0 fully saturated rings. The molecule has 0 aromatic rings. The van der Waals surface area contributed by atoms with E-state index in [1.165, 1.54) is 6.92 Å². The van der Waals surface area contributed by atoms with Gasteiger partial charge in [0.25, 0.3) is 7.82 Å². The number of aliphatic hydroxyl groups excluding tert-OH is 1. The summed E-state index contributed by atoms with van der Waals surface area (Å²) in [6.45, 7) is 1.29. The first-order valence-corrected chi connectivity index (χ1v) is 4.49. The summed E-state index contributed by atoms with van der Waals surface area (Å²) >= 11 is 0. The van der Waals surface area contributed by atoms with Gasteiger partial charge in [-0.15, -0.1) is 0 Å². The van der Waals surface area contributed by atoms with Crippen LogP contribution in [0.2, 0.25) is 0 Å². The number of nitrogens with two attached hydrogens (primary N) is 1. The fourth-order valence-corrected chi connectivity index (χ4v) is 0.197. The Bertz CT molecular complexity index is 199. The largest absolute Gasteiger partial charge is 1.00 e. The van der Waals surface area contributed by atoms with Crippen molar-refractivity contribution >= 4 is 13.8 Å². The maximum absolute atomic E-state index is 9.74. The van der Waals surface area contributed by atoms with E-state index < -0.39 is 25.9 Å². The van der Waals surface area contributed by atoms with Crippen LogP contribution in [-0.2, 0) is 9.36 Å². The third kappa shape index (κ3) is 31.3. The second-order valence-corrected chi connectivity index (χ2v) is 3.06. The molecule has 0 unspecified atom stereocenters. The molecule has 0 heterocycles. The van der Waals surface area contributed by atoms with Crippen LogP contribution >= 0.6 is 7.82 Å². The van der Waals surface area contributed by atoms with Crippen molar-refractivity contribution in [3.8, 4) is 0 Å². The summed E-state index contributed by atoms with van der Waals surface area (Å²) in [5.74, 6) is -1.43. The number of phosphoric acid groups is 1. The summed E-state index contributed by atoms with van der Waals surface area (Å²) in [5, 5.41) is 18.2. The summed E-state index contributed by atoms with van der Waals surface area (Å²) in [4.78, 5) is 32.7. The number of rotatable bonds is 2. The molecular weight excluding hydrogens is 251 g/mol. The predicted molar refractivity (Wildman–Crippen MR) is 36.7 cm³/mol. The topological polar surface area (TPSA) is 167 Å². The number of aliphatic carboxylic acids is 1. The Morgan fingerprint density at radius 3 is 1.60 bits per heavy atom. The van der Waals surface area contributed by atoms with E-state index >= 15 is 0 Å². The Balaban J connectivity index is -0.0000000770. The van der Waals surface area contributed by atoms with Crippen LogP contribution in [0.1, 0.15) is 6.92 Å². The minimum absolute atomic E-state index is 0. The van der Waals surface area contributed by atoms with Crippen LogP contribution in [0, 0.1) is 0 Å². The molecule has 0 aliphatic heterocycles. The number of carboxylic acid groups (broad SMARTS) is 1. The molecule has 0 aromatic heterocycles. The molecule has 80 valence electrons. The number of hydrogen-bond donors (Lipinski definition) is 4. The van der Waals surface area contributed by atoms with Crippen LogP contribution < -0.4 is 74.8 Å². The van der Waals surface area contributed by atoms with Crippen LogP contribution in [0.15, 0.2) is 0 Å². The van der Waals surface area contributed by atoms with Gasteiger partial charge in [-0.25, -0.2) is 0 Å². The van der Waals surface area contributed by atoms with Crippen molar-refractivity contribution in [2.24, 2.45) is 5.73 Å². The molecule has 0 spiro atoms. The van der Waals surface area contributed by atoms with Gasteiger partial charge in [0, 0.05) is 0 Å². The minimum atomic E-state index is -4.89. The first-order chi connectivity index (χ1) is 5.55. The summed E-state index contributed by atoms with van der Waals surface area (Å²) in [5.41, 5.74) is 4.85. The normalized spacial score (nSPS) is 13.2. The Hall–Kier alpha value is 1.50. The third-order valence-corrected chi connectivity index (χ3v) is 0.792. The SMILES string of the molecule is C[C@@H](O)[C@H](N)C(=O)[O-].O=P([O-])(O)O.[Na+].[Na+]. The zero-order valence-corrected chi connectivity index (χ0v) is 13.5. The molecular formula is C4H10NNa2O7P. The van der Waals surface area contributed by atoms with E-state index in [9.17, 15) is 9.90 Å². The second-order valence-electron chi connectivity index (χ2n) is 2.08. The Kier molecular flexibility index (Phi) is 20.2. The van der Waals surface area contributed by atoms with Crippen molar-refractivity contribution in [1.29, 1.82) is 0 Å². The molecule has 0 saturated carbocycles. The first-order valence-electron chi connectivity index (χ1n) is 2.96. The minimum Gasteiger partial charge on any atom is -0.756 e. The van der Waals surface area contributed by atoms with Gasteiger partial charge in [0.05, 0.1) is 18.1 Å². The number of carbonyl (C=O) groups excluding carboxylic acids is 1. The Labute approximate surface area is 131 Å². The fourth-order valence-electron chi connectivity index (χ4n) is 0.197. The molecule has 0 aliphatic carbocycles. The molecule has 15 heavy (non-hydrogen) atoms. The van der Waals surface area contributed by atoms with Gasteiger partial charge in [-0.1, -0.05) is 0 Å². The summed E-state index contributed by atoms with van der Waals surface area (Å²) in [6, 6.07) is -1.27. The smallest absolute Gasteiger partial charge is 0.756 e. The van der Waals surface area contributed by atoms with Crippen molar-refractivity contribution < 1.29 is 93.4 Å². The number of hydrogen-bond acceptors (Lipinski definition) is 6. The average Bonchev–Trinajstić information content (AvgIpc) is 1.81. The van der Waals surface area contributed by atoms with Crippen molar-refractivity contribution in [1.82, 2.24) is 0 Å². The molecule has 0 amide bonds. The predicted octanol–water partition coefficient (Wildman–Crippen LogP) is -10.1. The summed E-state index contributed by atoms with van der Waals surface area (Å²) in [6.07, 6.45) is -1.04. The quantitative estimate of drug-likeness (QED) is 0.280. The number of carbonyl (C=O) groups is 1. The van der Waals surface area contributed by atoms with Crippen LogP contribution in [-0.4, -0.2) is 33.0 Å². The molecule has 0 aromatic carbocycles. The van der Waals surface area contributed by atoms with Crippen LogP contribution in [0.4, 0.5) is 0 Å². The van der Waals surface area contributed by atoms with Gasteiger partial charge in [0.2, 0.25) is 0 Å². The zero-order valence-electron chi connectivity index (χ0n) is 8.65. The van der Waals surface area contributed by atoms with Gasteiger partial charge in [-0.2, -0.15) is 0 Å². The molecule has 0 rings (SSSR count). The van der Waals surface area contributed by atoms with Crippen LogP contribution in [0.3, 0.4) is 0 Å². The fraction of sp³-hybridized carbons (Fsp3) is 0.750. The standard InChI is InChI=1S/C4H9NO3.2Na.H3O4P/c1-2(6)3(5)4(7)8;;;1-5(2,3)4/h2-3,6H,5H2,1H3,(H,7,8);;;(H3,1,2,3,4)/q;2*+1;/p-2/t2-,3+;;;/m1.../s1. The maximum atomic E-state index is 9.74. The molecule has 0 bridgehead atoms. The van der Waals surface area contributed by atoms with Crippen molar-refractivity contribution in [3.05, 3.63) is 0 Å². The average molecular weight is 261 g/mol. The van der Waals surface area contributed by atoms with Gasteiger partial charge in [-0.05, 0) is 6.92 Å². The number of aliphatic hydroxyl groups is 1. The Morgan fingerprint density at radius 1 is 1.40 bits per heavy atom. The second kappa shape index (κ2) is 12.0. The molecule has 2 atom stereocenters. The van der Waals surface area contributed by atoms with E-state index in [-0.39, 0.29) is 59.1 Å². The van der Waals surface area contributed by atoms with Gasteiger partial charge in [-0.3, -0.25) is 4.57 Å². The molecule has 5 N–H and O–H groups in total. The van der Waals surface area contributed by atoms with Gasteiger partial charge in [0.15, 0.2) is 0 Å². The van der Waals surface area contributed by atoms with Gasteiger partial charge in [0.1, 0.15) is 0 Å². The van der Waals surface area contributed by atoms with E-state index in [0.717, 1.165) is 0 Å². The van der Waals surface area contributed by atoms with E-state index in [1.54, 1.807) is 0 Å². The maximum Gasteiger partial charge on any atom is 1.00 e. The van der Waals surface area contributed by atoms with E-state index in [0.29, 0.717) is 0 Å². The summed E-state index contributed by atoms with van der Waals surface area (Å²) in [7, 11) is -4.89. The van der Waals surface area contributed by atoms with Crippen molar-refractivity contribution in [2.75, 3.05) is 0 Å². The monoisotopic (exact) mass is 261 g/mol. The first kappa shape index (κ1) is 25.4. The summed E-state index contributed by atoms with van der Waals surface area (Å²) < 4.78 is 8.77. The molecule has 11 heteroatoms.